The lowest BCUT2D eigenvalue weighted by atomic mass is 10.0. The minimum absolute atomic E-state index is 0.325. The number of pyridine rings is 2. The number of anilines is 1. The van der Waals surface area contributed by atoms with E-state index in [4.69, 9.17) is 4.98 Å². The zero-order valence-corrected chi connectivity index (χ0v) is 25.7. The molecule has 7 rings (SSSR count). The van der Waals surface area contributed by atoms with E-state index in [2.05, 4.69) is 71.0 Å². The highest BCUT2D eigenvalue weighted by atomic mass is 19.1. The van der Waals surface area contributed by atoms with Gasteiger partial charge in [-0.25, -0.2) is 9.37 Å². The van der Waals surface area contributed by atoms with Gasteiger partial charge in [-0.1, -0.05) is 36.4 Å². The van der Waals surface area contributed by atoms with Crippen LogP contribution in [0.25, 0.3) is 55.7 Å². The van der Waals surface area contributed by atoms with Gasteiger partial charge in [-0.15, -0.1) is 0 Å². The second kappa shape index (κ2) is 12.9. The molecule has 46 heavy (non-hydrogen) atoms. The van der Waals surface area contributed by atoms with Crippen LogP contribution in [0.2, 0.25) is 0 Å². The van der Waals surface area contributed by atoms with Crippen LogP contribution in [0.5, 0.6) is 0 Å². The van der Waals surface area contributed by atoms with E-state index in [1.165, 1.54) is 17.7 Å². The second-order valence-corrected chi connectivity index (χ2v) is 11.6. The van der Waals surface area contributed by atoms with Gasteiger partial charge in [0, 0.05) is 67.0 Å². The lowest BCUT2D eigenvalue weighted by molar-refractivity contribution is 0.425. The van der Waals surface area contributed by atoms with Crippen molar-refractivity contribution >= 4 is 27.6 Å². The van der Waals surface area contributed by atoms with Gasteiger partial charge in [-0.3, -0.25) is 15.1 Å². The molecule has 4 heterocycles. The van der Waals surface area contributed by atoms with E-state index in [1.54, 1.807) is 12.4 Å². The van der Waals surface area contributed by atoms with Crippen LogP contribution in [-0.2, 0) is 13.1 Å². The first-order chi connectivity index (χ1) is 22.5. The van der Waals surface area contributed by atoms with Gasteiger partial charge in [0.05, 0.1) is 22.7 Å². The molecule has 9 nitrogen and oxygen atoms in total. The van der Waals surface area contributed by atoms with E-state index in [-0.39, 0.29) is 5.82 Å². The first kappa shape index (κ1) is 29.3. The highest BCUT2D eigenvalue weighted by Gasteiger charge is 2.17. The van der Waals surface area contributed by atoms with Crippen LogP contribution in [-0.4, -0.2) is 62.2 Å². The summed E-state index contributed by atoms with van der Waals surface area (Å²) in [5, 5.41) is 15.5. The molecule has 0 spiro atoms. The molecule has 0 bridgehead atoms. The summed E-state index contributed by atoms with van der Waals surface area (Å²) >= 11 is 0. The van der Waals surface area contributed by atoms with Gasteiger partial charge >= 0.3 is 0 Å². The van der Waals surface area contributed by atoms with Crippen LogP contribution < -0.4 is 10.6 Å². The first-order valence-corrected chi connectivity index (χ1v) is 15.2. The van der Waals surface area contributed by atoms with Crippen molar-refractivity contribution in [1.82, 2.24) is 40.3 Å². The summed E-state index contributed by atoms with van der Waals surface area (Å²) in [6.45, 7) is 3.03. The maximum atomic E-state index is 14.7. The number of hydrogen-bond acceptors (Lipinski definition) is 7. The van der Waals surface area contributed by atoms with Crippen molar-refractivity contribution in [1.29, 1.82) is 0 Å². The van der Waals surface area contributed by atoms with Crippen LogP contribution >= 0.6 is 0 Å². The van der Waals surface area contributed by atoms with Gasteiger partial charge in [-0.05, 0) is 72.7 Å². The number of benzene rings is 3. The average Bonchev–Trinajstić information content (AvgIpc) is 3.69. The Bertz CT molecular complexity index is 2120. The molecular weight excluding hydrogens is 577 g/mol. The Labute approximate surface area is 266 Å². The highest BCUT2D eigenvalue weighted by molar-refractivity contribution is 5.98. The number of hydrogen-bond donors (Lipinski definition) is 4. The molecule has 0 aliphatic rings. The van der Waals surface area contributed by atoms with Crippen LogP contribution in [0, 0.1) is 5.82 Å². The SMILES string of the molecule is CN(C)CCNc1cc(F)cc(-c2cncc3[nH]c(-c4n[nH]c5ccc(-c6cncc(CNCc7ccccc7)c6)cc45)nc23)c1. The van der Waals surface area contributed by atoms with Crippen LogP contribution in [0.3, 0.4) is 0 Å². The third-order valence-corrected chi connectivity index (χ3v) is 7.91. The predicted octanol–water partition coefficient (Wildman–Crippen LogP) is 6.63. The van der Waals surface area contributed by atoms with Gasteiger partial charge in [0.1, 0.15) is 11.5 Å². The monoisotopic (exact) mass is 611 g/mol. The largest absolute Gasteiger partial charge is 0.384 e. The fourth-order valence-electron chi connectivity index (χ4n) is 5.59. The molecule has 0 aliphatic heterocycles. The van der Waals surface area contributed by atoms with Crippen LogP contribution in [0.15, 0.2) is 97.6 Å². The predicted molar refractivity (Wildman–Crippen MR) is 182 cm³/mol. The van der Waals surface area contributed by atoms with Gasteiger partial charge in [0.2, 0.25) is 0 Å². The Balaban J connectivity index is 1.17. The number of aromatic amines is 2. The Kier molecular flexibility index (Phi) is 8.20. The maximum absolute atomic E-state index is 14.7. The first-order valence-electron chi connectivity index (χ1n) is 15.2. The summed E-state index contributed by atoms with van der Waals surface area (Å²) in [6, 6.07) is 23.6. The molecule has 10 heteroatoms. The molecule has 0 fully saturated rings. The minimum atomic E-state index is -0.325. The maximum Gasteiger partial charge on any atom is 0.159 e. The molecule has 0 unspecified atom stereocenters. The van der Waals surface area contributed by atoms with Crippen molar-refractivity contribution in [2.75, 3.05) is 32.5 Å². The average molecular weight is 612 g/mol. The van der Waals surface area contributed by atoms with Crippen molar-refractivity contribution in [2.24, 2.45) is 0 Å². The molecule has 4 N–H and O–H groups in total. The Hall–Kier alpha value is -5.45. The molecule has 0 saturated carbocycles. The highest BCUT2D eigenvalue weighted by Crippen LogP contribution is 2.34. The van der Waals surface area contributed by atoms with E-state index >= 15 is 0 Å². The molecule has 4 aromatic heterocycles. The van der Waals surface area contributed by atoms with E-state index < -0.39 is 0 Å². The van der Waals surface area contributed by atoms with Crippen molar-refractivity contribution in [2.45, 2.75) is 13.1 Å². The van der Waals surface area contributed by atoms with Gasteiger partial charge in [-0.2, -0.15) is 5.10 Å². The smallest absolute Gasteiger partial charge is 0.159 e. The van der Waals surface area contributed by atoms with Crippen LogP contribution in [0.1, 0.15) is 11.1 Å². The Morgan fingerprint density at radius 1 is 0.783 bits per heavy atom. The molecule has 3 aromatic carbocycles. The quantitative estimate of drug-likeness (QED) is 0.130. The molecule has 0 radical (unpaired) electrons. The molecule has 0 saturated heterocycles. The number of fused-ring (bicyclic) bond motifs is 2. The number of nitrogens with zero attached hydrogens (tertiary/aromatic N) is 5. The fourth-order valence-corrected chi connectivity index (χ4v) is 5.59. The van der Waals surface area contributed by atoms with Gasteiger partial charge in [0.15, 0.2) is 5.82 Å². The summed E-state index contributed by atoms with van der Waals surface area (Å²) in [5.41, 5.74) is 9.56. The van der Waals surface area contributed by atoms with E-state index in [0.29, 0.717) is 41.4 Å². The molecule has 0 aliphatic carbocycles. The zero-order valence-electron chi connectivity index (χ0n) is 25.7. The third-order valence-electron chi connectivity index (χ3n) is 7.91. The normalized spacial score (nSPS) is 11.6. The number of likely N-dealkylation sites (N-methyl/N-ethyl adjacent to an activating group) is 1. The Morgan fingerprint density at radius 3 is 2.50 bits per heavy atom. The van der Waals surface area contributed by atoms with Crippen molar-refractivity contribution in [3.05, 3.63) is 115 Å². The summed E-state index contributed by atoms with van der Waals surface area (Å²) in [5.74, 6) is 0.277. The number of aromatic nitrogens is 6. The summed E-state index contributed by atoms with van der Waals surface area (Å²) in [7, 11) is 4.01. The van der Waals surface area contributed by atoms with Gasteiger partial charge < -0.3 is 20.5 Å². The Morgan fingerprint density at radius 2 is 1.63 bits per heavy atom. The number of rotatable bonds is 11. The lowest BCUT2D eigenvalue weighted by Crippen LogP contribution is -2.20. The standard InChI is InChI=1S/C36H34FN9/c1-46(2)11-10-41-29-14-26(13-28(37)16-29)31-21-40-22-33-34(31)43-36(42-33)35-30-15-25(8-9-32(30)44-45-35)27-12-24(19-39-20-27)18-38-17-23-6-4-3-5-7-23/h3-9,12-16,19-22,38,41H,10-11,17-18H2,1-2H3,(H,42,43)(H,44,45). The van der Waals surface area contributed by atoms with E-state index in [9.17, 15) is 4.39 Å². The second-order valence-electron chi connectivity index (χ2n) is 11.6. The van der Waals surface area contributed by atoms with Crippen LogP contribution in [0.4, 0.5) is 10.1 Å². The molecule has 0 atom stereocenters. The number of imidazole rings is 1. The number of halogens is 1. The molecule has 0 amide bonds. The number of H-pyrrole nitrogens is 2. The number of nitrogens with one attached hydrogen (secondary N) is 4. The van der Waals surface area contributed by atoms with E-state index in [0.717, 1.165) is 51.8 Å². The third kappa shape index (κ3) is 6.35. The summed E-state index contributed by atoms with van der Waals surface area (Å²) in [6.07, 6.45) is 7.23. The minimum Gasteiger partial charge on any atom is -0.384 e. The molecule has 7 aromatic rings. The van der Waals surface area contributed by atoms with Gasteiger partial charge in [0.25, 0.3) is 0 Å². The molecular formula is C36H34FN9. The van der Waals surface area contributed by atoms with Crippen molar-refractivity contribution in [3.63, 3.8) is 0 Å². The van der Waals surface area contributed by atoms with E-state index in [1.807, 2.05) is 56.8 Å². The fraction of sp³-hybridized carbons (Fsp3) is 0.167. The zero-order chi connectivity index (χ0) is 31.5. The topological polar surface area (TPSA) is 110 Å². The van der Waals surface area contributed by atoms with Crippen molar-refractivity contribution < 1.29 is 4.39 Å². The summed E-state index contributed by atoms with van der Waals surface area (Å²) < 4.78 is 14.7. The van der Waals surface area contributed by atoms with Crippen molar-refractivity contribution in [3.8, 4) is 33.8 Å². The summed E-state index contributed by atoms with van der Waals surface area (Å²) in [4.78, 5) is 19.4. The molecule has 230 valence electrons. The lowest BCUT2D eigenvalue weighted by Gasteiger charge is -2.12.